The normalized spacial score (nSPS) is 14.4. The predicted octanol–water partition coefficient (Wildman–Crippen LogP) is 3.36. The van der Waals surface area contributed by atoms with Crippen LogP contribution in [0.15, 0.2) is 71.3 Å². The van der Waals surface area contributed by atoms with Gasteiger partial charge in [-0.2, -0.15) is 0 Å². The molecule has 3 aromatic rings. The van der Waals surface area contributed by atoms with Crippen molar-refractivity contribution < 1.29 is 28.5 Å². The minimum atomic E-state index is -1.23. The largest absolute Gasteiger partial charge is 0.497 e. The maximum absolute atomic E-state index is 11.7. The topological polar surface area (TPSA) is 116 Å². The number of pyridine rings is 1. The van der Waals surface area contributed by atoms with Gasteiger partial charge in [0.1, 0.15) is 11.5 Å². The molecule has 0 amide bonds. The van der Waals surface area contributed by atoms with E-state index in [0.29, 0.717) is 16.8 Å². The Kier molecular flexibility index (Phi) is 7.02. The van der Waals surface area contributed by atoms with Gasteiger partial charge in [0, 0.05) is 55.5 Å². The summed E-state index contributed by atoms with van der Waals surface area (Å²) >= 11 is 0. The third-order valence-electron chi connectivity index (χ3n) is 4.54. The first-order valence-corrected chi connectivity index (χ1v) is 9.95. The summed E-state index contributed by atoms with van der Waals surface area (Å²) in [6, 6.07) is 13.9. The highest BCUT2D eigenvalue weighted by Crippen LogP contribution is 2.23. The van der Waals surface area contributed by atoms with Crippen molar-refractivity contribution >= 4 is 28.5 Å². The lowest BCUT2D eigenvalue weighted by Crippen LogP contribution is -2.42. The van der Waals surface area contributed by atoms with Crippen molar-refractivity contribution in [2.75, 3.05) is 19.5 Å². The van der Waals surface area contributed by atoms with Crippen molar-refractivity contribution in [3.63, 3.8) is 0 Å². The number of anilines is 1. The van der Waals surface area contributed by atoms with Gasteiger partial charge in [0.15, 0.2) is 11.0 Å². The summed E-state index contributed by atoms with van der Waals surface area (Å²) in [4.78, 5) is 37.7. The molecule has 9 nitrogen and oxygen atoms in total. The molecular weight excluding hydrogens is 428 g/mol. The lowest BCUT2D eigenvalue weighted by Gasteiger charge is -2.29. The Balaban J connectivity index is 0.000000203. The number of aromatic amines is 1. The number of cyclic esters (lactones) is 2. The van der Waals surface area contributed by atoms with Crippen molar-refractivity contribution in [1.29, 1.82) is 0 Å². The summed E-state index contributed by atoms with van der Waals surface area (Å²) in [5.41, 5.74) is 1.30. The highest BCUT2D eigenvalue weighted by molar-refractivity contribution is 6.15. The Morgan fingerprint density at radius 3 is 2.24 bits per heavy atom. The van der Waals surface area contributed by atoms with Crippen LogP contribution in [0.3, 0.4) is 0 Å². The van der Waals surface area contributed by atoms with E-state index in [1.54, 1.807) is 62.9 Å². The number of fused-ring (bicyclic) bond motifs is 1. The molecule has 1 saturated heterocycles. The van der Waals surface area contributed by atoms with Crippen LogP contribution in [0.1, 0.15) is 13.8 Å². The smallest absolute Gasteiger partial charge is 0.350 e. The molecule has 0 saturated carbocycles. The molecular formula is C24H24N2O7. The van der Waals surface area contributed by atoms with Crippen molar-refractivity contribution in [2.24, 2.45) is 0 Å². The van der Waals surface area contributed by atoms with E-state index in [-0.39, 0.29) is 11.0 Å². The van der Waals surface area contributed by atoms with Gasteiger partial charge in [-0.25, -0.2) is 9.59 Å². The lowest BCUT2D eigenvalue weighted by molar-refractivity contribution is -0.222. The van der Waals surface area contributed by atoms with Crippen LogP contribution in [-0.2, 0) is 19.1 Å². The van der Waals surface area contributed by atoms with Crippen molar-refractivity contribution in [2.45, 2.75) is 19.6 Å². The second kappa shape index (κ2) is 9.90. The number of nitrogens with one attached hydrogen (secondary N) is 2. The number of H-pyrrole nitrogens is 1. The van der Waals surface area contributed by atoms with Crippen LogP contribution < -0.4 is 20.2 Å². The molecule has 2 N–H and O–H groups in total. The first-order chi connectivity index (χ1) is 15.7. The van der Waals surface area contributed by atoms with Gasteiger partial charge in [-0.1, -0.05) is 6.07 Å². The van der Waals surface area contributed by atoms with E-state index >= 15 is 0 Å². The molecule has 1 aliphatic rings. The maximum atomic E-state index is 11.7. The first kappa shape index (κ1) is 23.4. The van der Waals surface area contributed by atoms with Crippen molar-refractivity contribution in [3.05, 3.63) is 76.7 Å². The van der Waals surface area contributed by atoms with Gasteiger partial charge >= 0.3 is 11.9 Å². The number of rotatable bonds is 4. The SMILES string of the molecule is COc1ccc2c(=O)cc[nH]c2c1.COc1cccc(NC=C2C(=O)OC(C)(C)OC2=O)c1. The van der Waals surface area contributed by atoms with Gasteiger partial charge < -0.3 is 29.2 Å². The van der Waals surface area contributed by atoms with Gasteiger partial charge in [0.2, 0.25) is 0 Å². The Morgan fingerprint density at radius 1 is 0.909 bits per heavy atom. The van der Waals surface area contributed by atoms with Crippen LogP contribution in [0, 0.1) is 0 Å². The second-order valence-electron chi connectivity index (χ2n) is 7.37. The van der Waals surface area contributed by atoms with Crippen LogP contribution >= 0.6 is 0 Å². The van der Waals surface area contributed by atoms with Crippen LogP contribution in [0.2, 0.25) is 0 Å². The predicted molar refractivity (Wildman–Crippen MR) is 122 cm³/mol. The molecule has 0 radical (unpaired) electrons. The number of hydrogen-bond donors (Lipinski definition) is 2. The van der Waals surface area contributed by atoms with E-state index < -0.39 is 17.7 Å². The number of aromatic nitrogens is 1. The van der Waals surface area contributed by atoms with E-state index in [4.69, 9.17) is 18.9 Å². The number of esters is 2. The molecule has 1 aromatic heterocycles. The van der Waals surface area contributed by atoms with Crippen molar-refractivity contribution in [3.8, 4) is 11.5 Å². The number of ether oxygens (including phenoxy) is 4. The van der Waals surface area contributed by atoms with E-state index in [9.17, 15) is 14.4 Å². The molecule has 9 heteroatoms. The van der Waals surface area contributed by atoms with E-state index in [1.807, 2.05) is 0 Å². The highest BCUT2D eigenvalue weighted by Gasteiger charge is 2.38. The maximum Gasteiger partial charge on any atom is 0.350 e. The summed E-state index contributed by atoms with van der Waals surface area (Å²) in [6.07, 6.45) is 2.89. The first-order valence-electron chi connectivity index (χ1n) is 9.95. The number of methoxy groups -OCH3 is 2. The summed E-state index contributed by atoms with van der Waals surface area (Å²) in [7, 11) is 3.15. The zero-order valence-electron chi connectivity index (χ0n) is 18.6. The fraction of sp³-hybridized carbons (Fsp3) is 0.208. The van der Waals surface area contributed by atoms with Gasteiger partial charge in [-0.3, -0.25) is 4.79 Å². The molecule has 0 bridgehead atoms. The molecule has 33 heavy (non-hydrogen) atoms. The molecule has 2 heterocycles. The number of carbonyl (C=O) groups excluding carboxylic acids is 2. The van der Waals surface area contributed by atoms with Crippen molar-refractivity contribution in [1.82, 2.24) is 4.98 Å². The summed E-state index contributed by atoms with van der Waals surface area (Å²) in [6.45, 7) is 2.99. The Bertz CT molecular complexity index is 1240. The third-order valence-corrected chi connectivity index (χ3v) is 4.54. The molecule has 0 spiro atoms. The average molecular weight is 452 g/mol. The van der Waals surface area contributed by atoms with Crippen LogP contribution in [0.5, 0.6) is 11.5 Å². The number of hydrogen-bond acceptors (Lipinski definition) is 8. The zero-order valence-corrected chi connectivity index (χ0v) is 18.6. The summed E-state index contributed by atoms with van der Waals surface area (Å²) in [5, 5.41) is 3.52. The fourth-order valence-electron chi connectivity index (χ4n) is 2.93. The van der Waals surface area contributed by atoms with Gasteiger partial charge in [0.05, 0.1) is 19.7 Å². The minimum Gasteiger partial charge on any atom is -0.497 e. The number of benzene rings is 2. The molecule has 172 valence electrons. The standard InChI is InChI=1S/C14H15NO5.C10H9NO2/c1-14(2)19-12(16)11(13(17)20-14)8-15-9-5-4-6-10(7-9)18-3;1-13-7-2-3-8-9(6-7)11-5-4-10(8)12/h4-8,15H,1-3H3;2-6H,1H3,(H,11,12). The van der Waals surface area contributed by atoms with Crippen LogP contribution in [0.25, 0.3) is 10.9 Å². The highest BCUT2D eigenvalue weighted by atomic mass is 16.7. The van der Waals surface area contributed by atoms with Gasteiger partial charge in [0.25, 0.3) is 5.79 Å². The molecule has 0 aliphatic carbocycles. The van der Waals surface area contributed by atoms with Crippen LogP contribution in [0.4, 0.5) is 5.69 Å². The molecule has 0 atom stereocenters. The average Bonchev–Trinajstić information content (AvgIpc) is 2.78. The molecule has 2 aromatic carbocycles. The molecule has 4 rings (SSSR count). The summed E-state index contributed by atoms with van der Waals surface area (Å²) in [5.74, 6) is -1.28. The fourth-order valence-corrected chi connectivity index (χ4v) is 2.93. The minimum absolute atomic E-state index is 0.0244. The molecule has 1 fully saturated rings. The number of carbonyl (C=O) groups is 2. The Hall–Kier alpha value is -4.27. The monoisotopic (exact) mass is 452 g/mol. The van der Waals surface area contributed by atoms with Crippen LogP contribution in [-0.4, -0.2) is 36.9 Å². The van der Waals surface area contributed by atoms with E-state index in [2.05, 4.69) is 10.3 Å². The van der Waals surface area contributed by atoms with Gasteiger partial charge in [-0.15, -0.1) is 0 Å². The van der Waals surface area contributed by atoms with E-state index in [0.717, 1.165) is 11.3 Å². The molecule has 1 aliphatic heterocycles. The summed E-state index contributed by atoms with van der Waals surface area (Å²) < 4.78 is 20.1. The molecule has 0 unspecified atom stereocenters. The quantitative estimate of drug-likeness (QED) is 0.352. The Morgan fingerprint density at radius 2 is 1.58 bits per heavy atom. The second-order valence-corrected chi connectivity index (χ2v) is 7.37. The lowest BCUT2D eigenvalue weighted by atomic mass is 10.2. The van der Waals surface area contributed by atoms with Gasteiger partial charge in [-0.05, 0) is 24.3 Å². The zero-order chi connectivity index (χ0) is 24.0. The Labute approximate surface area is 189 Å². The van der Waals surface area contributed by atoms with E-state index in [1.165, 1.54) is 26.1 Å². The third kappa shape index (κ3) is 5.91.